The van der Waals surface area contributed by atoms with Crippen LogP contribution in [0, 0.1) is 6.92 Å². The van der Waals surface area contributed by atoms with Crippen LogP contribution in [-0.4, -0.2) is 38.4 Å². The van der Waals surface area contributed by atoms with Gasteiger partial charge in [0, 0.05) is 32.1 Å². The van der Waals surface area contributed by atoms with E-state index in [1.807, 2.05) is 43.0 Å². The van der Waals surface area contributed by atoms with Crippen LogP contribution in [0.15, 0.2) is 45.3 Å². The normalized spacial score (nSPS) is 15.9. The van der Waals surface area contributed by atoms with Gasteiger partial charge in [0.15, 0.2) is 0 Å². The number of likely N-dealkylation sites (tertiary alicyclic amines) is 1. The second-order valence-corrected chi connectivity index (χ2v) is 10.2. The van der Waals surface area contributed by atoms with E-state index in [2.05, 4.69) is 5.32 Å². The Kier molecular flexibility index (Phi) is 7.85. The fourth-order valence-electron chi connectivity index (χ4n) is 4.57. The molecule has 0 unspecified atom stereocenters. The summed E-state index contributed by atoms with van der Waals surface area (Å²) in [7, 11) is 0. The fourth-order valence-corrected chi connectivity index (χ4v) is 5.41. The van der Waals surface area contributed by atoms with Crippen LogP contribution in [0.4, 0.5) is 0 Å². The Morgan fingerprint density at radius 2 is 1.86 bits per heavy atom. The minimum absolute atomic E-state index is 0.0896. The molecule has 1 aromatic carbocycles. The molecule has 1 saturated heterocycles. The quantitative estimate of drug-likeness (QED) is 0.519. The molecule has 0 aliphatic carbocycles. The third kappa shape index (κ3) is 5.73. The smallest absolute Gasteiger partial charge is 0.332 e. The molecule has 1 atom stereocenters. The lowest BCUT2D eigenvalue weighted by molar-refractivity contribution is -0.135. The van der Waals surface area contributed by atoms with Crippen molar-refractivity contribution < 1.29 is 9.59 Å². The summed E-state index contributed by atoms with van der Waals surface area (Å²) in [5, 5.41) is 4.64. The average Bonchev–Trinajstić information content (AvgIpc) is 3.34. The fraction of sp³-hybridized carbons (Fsp3) is 0.462. The van der Waals surface area contributed by atoms with E-state index in [9.17, 15) is 19.2 Å². The monoisotopic (exact) mass is 496 g/mol. The number of aromatic nitrogens is 2. The summed E-state index contributed by atoms with van der Waals surface area (Å²) in [6, 6.07) is 9.81. The van der Waals surface area contributed by atoms with Gasteiger partial charge in [-0.1, -0.05) is 29.8 Å². The molecule has 0 saturated carbocycles. The molecule has 4 rings (SSSR count). The molecule has 9 heteroatoms. The van der Waals surface area contributed by atoms with E-state index in [1.165, 1.54) is 20.5 Å². The van der Waals surface area contributed by atoms with Crippen molar-refractivity contribution in [2.75, 3.05) is 6.54 Å². The maximum absolute atomic E-state index is 13.3. The van der Waals surface area contributed by atoms with Crippen molar-refractivity contribution >= 4 is 33.4 Å². The zero-order valence-corrected chi connectivity index (χ0v) is 21.1. The summed E-state index contributed by atoms with van der Waals surface area (Å²) >= 11 is 1.26. The van der Waals surface area contributed by atoms with Gasteiger partial charge >= 0.3 is 5.69 Å². The first kappa shape index (κ1) is 24.9. The lowest BCUT2D eigenvalue weighted by Gasteiger charge is -2.33. The highest BCUT2D eigenvalue weighted by atomic mass is 32.1. The zero-order valence-electron chi connectivity index (χ0n) is 20.3. The molecule has 1 aliphatic heterocycles. The number of benzene rings is 1. The van der Waals surface area contributed by atoms with Crippen LogP contribution in [0.25, 0.3) is 10.2 Å². The SMILES string of the molecule is Cc1ccc(CNC(=O)CCCn2c(=O)c3sccc3n(CC(=O)N3CCCC[C@H]3C)c2=O)cc1. The third-order valence-corrected chi connectivity index (χ3v) is 7.54. The topological polar surface area (TPSA) is 93.4 Å². The van der Waals surface area contributed by atoms with Gasteiger partial charge in [0.05, 0.1) is 5.52 Å². The number of nitrogens with one attached hydrogen (secondary N) is 1. The molecular formula is C26H32N4O4S. The van der Waals surface area contributed by atoms with Gasteiger partial charge in [-0.25, -0.2) is 4.79 Å². The number of thiophene rings is 1. The first-order valence-electron chi connectivity index (χ1n) is 12.2. The first-order valence-corrected chi connectivity index (χ1v) is 13.1. The summed E-state index contributed by atoms with van der Waals surface area (Å²) in [6.07, 6.45) is 3.57. The van der Waals surface area contributed by atoms with Crippen LogP contribution in [0.3, 0.4) is 0 Å². The number of piperidine rings is 1. The molecule has 3 aromatic rings. The highest BCUT2D eigenvalue weighted by molar-refractivity contribution is 7.17. The van der Waals surface area contributed by atoms with E-state index in [-0.39, 0.29) is 42.9 Å². The van der Waals surface area contributed by atoms with E-state index >= 15 is 0 Å². The average molecular weight is 497 g/mol. The Morgan fingerprint density at radius 1 is 1.09 bits per heavy atom. The van der Waals surface area contributed by atoms with Gasteiger partial charge in [-0.05, 0) is 56.5 Å². The van der Waals surface area contributed by atoms with Gasteiger partial charge in [-0.3, -0.25) is 23.5 Å². The standard InChI is InChI=1S/C26H32N4O4S/c1-18-8-10-20(11-9-18)16-27-22(31)7-5-14-29-25(33)24-21(12-15-35-24)30(26(29)34)17-23(32)28-13-4-3-6-19(28)2/h8-12,15,19H,3-7,13-14,16-17H2,1-2H3,(H,27,31)/t19-/m1/s1. The van der Waals surface area contributed by atoms with Gasteiger partial charge in [0.1, 0.15) is 11.2 Å². The van der Waals surface area contributed by atoms with Crippen molar-refractivity contribution in [3.63, 3.8) is 0 Å². The maximum atomic E-state index is 13.3. The molecule has 186 valence electrons. The minimum Gasteiger partial charge on any atom is -0.352 e. The van der Waals surface area contributed by atoms with Gasteiger partial charge in [-0.15, -0.1) is 11.3 Å². The van der Waals surface area contributed by atoms with E-state index in [0.29, 0.717) is 29.7 Å². The number of nitrogens with zero attached hydrogens (tertiary/aromatic N) is 3. The maximum Gasteiger partial charge on any atom is 0.332 e. The van der Waals surface area contributed by atoms with Crippen molar-refractivity contribution in [2.45, 2.75) is 71.6 Å². The molecule has 1 N–H and O–H groups in total. The number of carbonyl (C=O) groups is 2. The minimum atomic E-state index is -0.501. The Balaban J connectivity index is 1.44. The summed E-state index contributed by atoms with van der Waals surface area (Å²) in [4.78, 5) is 53.4. The molecule has 0 radical (unpaired) electrons. The molecule has 1 aliphatic rings. The predicted molar refractivity (Wildman–Crippen MR) is 138 cm³/mol. The number of aryl methyl sites for hydroxylation is 1. The largest absolute Gasteiger partial charge is 0.352 e. The summed E-state index contributed by atoms with van der Waals surface area (Å²) in [5.74, 6) is -0.238. The molecular weight excluding hydrogens is 464 g/mol. The number of carbonyl (C=O) groups excluding carboxylic acids is 2. The van der Waals surface area contributed by atoms with Crippen molar-refractivity contribution in [1.82, 2.24) is 19.4 Å². The number of rotatable bonds is 8. The predicted octanol–water partition coefficient (Wildman–Crippen LogP) is 3.03. The van der Waals surface area contributed by atoms with E-state index in [0.717, 1.165) is 30.4 Å². The molecule has 2 aromatic heterocycles. The Morgan fingerprint density at radius 3 is 2.60 bits per heavy atom. The van der Waals surface area contributed by atoms with Gasteiger partial charge in [0.25, 0.3) is 5.56 Å². The van der Waals surface area contributed by atoms with Crippen molar-refractivity contribution in [1.29, 1.82) is 0 Å². The molecule has 0 spiro atoms. The number of hydrogen-bond donors (Lipinski definition) is 1. The third-order valence-electron chi connectivity index (χ3n) is 6.65. The molecule has 0 bridgehead atoms. The highest BCUT2D eigenvalue weighted by Gasteiger charge is 2.25. The van der Waals surface area contributed by atoms with Crippen LogP contribution in [0.5, 0.6) is 0 Å². The van der Waals surface area contributed by atoms with Gasteiger partial charge in [-0.2, -0.15) is 0 Å². The Labute approximate surface area is 208 Å². The van der Waals surface area contributed by atoms with Crippen molar-refractivity contribution in [3.05, 3.63) is 67.7 Å². The molecule has 2 amide bonds. The summed E-state index contributed by atoms with van der Waals surface area (Å²) < 4.78 is 3.03. The molecule has 3 heterocycles. The number of hydrogen-bond acceptors (Lipinski definition) is 5. The van der Waals surface area contributed by atoms with Crippen LogP contribution in [0.1, 0.15) is 50.2 Å². The van der Waals surface area contributed by atoms with Crippen molar-refractivity contribution in [2.24, 2.45) is 0 Å². The van der Waals surface area contributed by atoms with Gasteiger partial charge < -0.3 is 10.2 Å². The lowest BCUT2D eigenvalue weighted by atomic mass is 10.0. The van der Waals surface area contributed by atoms with Crippen LogP contribution in [-0.2, 0) is 29.2 Å². The molecule has 1 fully saturated rings. The Bertz CT molecular complexity index is 1320. The zero-order chi connectivity index (χ0) is 24.9. The summed E-state index contributed by atoms with van der Waals surface area (Å²) in [6.45, 7) is 5.20. The first-order chi connectivity index (χ1) is 16.8. The summed E-state index contributed by atoms with van der Waals surface area (Å²) in [5.41, 5.74) is 1.80. The number of fused-ring (bicyclic) bond motifs is 1. The highest BCUT2D eigenvalue weighted by Crippen LogP contribution is 2.19. The van der Waals surface area contributed by atoms with E-state index in [1.54, 1.807) is 11.4 Å². The second-order valence-electron chi connectivity index (χ2n) is 9.26. The van der Waals surface area contributed by atoms with Crippen LogP contribution < -0.4 is 16.6 Å². The molecule has 35 heavy (non-hydrogen) atoms. The molecule has 8 nitrogen and oxygen atoms in total. The number of amides is 2. The van der Waals surface area contributed by atoms with Gasteiger partial charge in [0.2, 0.25) is 11.8 Å². The van der Waals surface area contributed by atoms with Crippen LogP contribution in [0.2, 0.25) is 0 Å². The second kappa shape index (κ2) is 11.0. The van der Waals surface area contributed by atoms with Crippen LogP contribution >= 0.6 is 11.3 Å². The lowest BCUT2D eigenvalue weighted by Crippen LogP contribution is -2.47. The van der Waals surface area contributed by atoms with E-state index < -0.39 is 5.69 Å². The van der Waals surface area contributed by atoms with Crippen molar-refractivity contribution in [3.8, 4) is 0 Å². The Hall–Kier alpha value is -3.20. The van der Waals surface area contributed by atoms with E-state index in [4.69, 9.17) is 0 Å².